The highest BCUT2D eigenvalue weighted by Gasteiger charge is 2.16. The Bertz CT molecular complexity index is 608. The van der Waals surface area contributed by atoms with Crippen LogP contribution in [0.5, 0.6) is 0 Å². The van der Waals surface area contributed by atoms with Gasteiger partial charge in [-0.2, -0.15) is 0 Å². The van der Waals surface area contributed by atoms with Gasteiger partial charge < -0.3 is 9.88 Å². The number of benzene rings is 1. The number of aromatic nitrogens is 2. The Balaban J connectivity index is 2.09. The lowest BCUT2D eigenvalue weighted by Crippen LogP contribution is -2.31. The number of nitrogens with one attached hydrogen (secondary N) is 1. The Morgan fingerprint density at radius 2 is 2.05 bits per heavy atom. The van der Waals surface area contributed by atoms with Gasteiger partial charge in [-0.3, -0.25) is 4.21 Å². The second kappa shape index (κ2) is 6.50. The van der Waals surface area contributed by atoms with E-state index in [4.69, 9.17) is 4.98 Å². The number of hydrogen-bond acceptors (Lipinski definition) is 3. The van der Waals surface area contributed by atoms with Crippen molar-refractivity contribution in [3.05, 3.63) is 30.1 Å². The van der Waals surface area contributed by atoms with Crippen LogP contribution in [0.2, 0.25) is 0 Å². The van der Waals surface area contributed by atoms with Crippen LogP contribution in [0.25, 0.3) is 11.0 Å². The van der Waals surface area contributed by atoms with Gasteiger partial charge in [-0.25, -0.2) is 4.98 Å². The molecule has 3 atom stereocenters. The van der Waals surface area contributed by atoms with Crippen molar-refractivity contribution in [1.29, 1.82) is 0 Å². The van der Waals surface area contributed by atoms with E-state index in [1.807, 2.05) is 18.2 Å². The van der Waals surface area contributed by atoms with Gasteiger partial charge in [-0.1, -0.05) is 12.1 Å². The van der Waals surface area contributed by atoms with Crippen LogP contribution < -0.4 is 5.32 Å². The summed E-state index contributed by atoms with van der Waals surface area (Å²) in [7, 11) is 1.33. The summed E-state index contributed by atoms with van der Waals surface area (Å²) in [6.07, 6.45) is 2.67. The topological polar surface area (TPSA) is 46.9 Å². The van der Waals surface area contributed by atoms with Crippen molar-refractivity contribution in [2.45, 2.75) is 32.4 Å². The molecule has 3 unspecified atom stereocenters. The van der Waals surface area contributed by atoms with Crippen molar-refractivity contribution in [2.24, 2.45) is 7.05 Å². The quantitative estimate of drug-likeness (QED) is 0.889. The first-order valence-electron chi connectivity index (χ1n) is 6.96. The third kappa shape index (κ3) is 3.46. The summed E-state index contributed by atoms with van der Waals surface area (Å²) in [5.41, 5.74) is 2.18. The number of para-hydroxylation sites is 2. The summed E-state index contributed by atoms with van der Waals surface area (Å²) < 4.78 is 13.3. The molecule has 1 aromatic heterocycles. The van der Waals surface area contributed by atoms with Crippen LogP contribution in [0.1, 0.15) is 32.1 Å². The lowest BCUT2D eigenvalue weighted by atomic mass is 10.2. The molecule has 0 fully saturated rings. The molecule has 0 aliphatic rings. The average molecular weight is 293 g/mol. The molecule has 0 saturated carbocycles. The molecule has 0 amide bonds. The van der Waals surface area contributed by atoms with Crippen LogP contribution in [0.3, 0.4) is 0 Å². The Morgan fingerprint density at radius 3 is 2.70 bits per heavy atom. The van der Waals surface area contributed by atoms with E-state index < -0.39 is 10.8 Å². The van der Waals surface area contributed by atoms with Crippen molar-refractivity contribution >= 4 is 21.8 Å². The molecule has 0 spiro atoms. The molecule has 1 heterocycles. The number of fused-ring (bicyclic) bond motifs is 1. The largest absolute Gasteiger partial charge is 0.330 e. The predicted octanol–water partition coefficient (Wildman–Crippen LogP) is 2.38. The van der Waals surface area contributed by atoms with Crippen LogP contribution in [-0.2, 0) is 17.8 Å². The molecule has 2 aromatic rings. The number of hydrogen-bond donors (Lipinski definition) is 1. The van der Waals surface area contributed by atoms with Gasteiger partial charge in [0.05, 0.1) is 17.1 Å². The van der Waals surface area contributed by atoms with Crippen LogP contribution in [-0.4, -0.2) is 31.8 Å². The number of aryl methyl sites for hydroxylation is 1. The molecule has 0 bridgehead atoms. The maximum absolute atomic E-state index is 11.1. The zero-order valence-corrected chi connectivity index (χ0v) is 13.4. The van der Waals surface area contributed by atoms with Crippen LogP contribution in [0.15, 0.2) is 24.3 Å². The molecule has 0 aliphatic heterocycles. The average Bonchev–Trinajstić information content (AvgIpc) is 2.74. The summed E-state index contributed by atoms with van der Waals surface area (Å²) in [5, 5.41) is 3.54. The third-order valence-electron chi connectivity index (χ3n) is 3.58. The first-order valence-corrected chi connectivity index (χ1v) is 8.69. The summed E-state index contributed by atoms with van der Waals surface area (Å²) in [4.78, 5) is 4.70. The van der Waals surface area contributed by atoms with Gasteiger partial charge in [0.15, 0.2) is 0 Å². The second-order valence-electron chi connectivity index (χ2n) is 5.37. The molecular formula is C15H23N3OS. The van der Waals surface area contributed by atoms with Crippen molar-refractivity contribution < 1.29 is 4.21 Å². The standard InChI is InChI=1S/C15H23N3OS/c1-11(9-10-20(4)19)16-12(2)15-17-13-7-5-6-8-14(13)18(15)3/h5-8,11-12,16H,9-10H2,1-4H3. The van der Waals surface area contributed by atoms with Gasteiger partial charge in [0.1, 0.15) is 5.82 Å². The SMILES string of the molecule is CC(CCS(C)=O)NC(C)c1nc2ccccc2n1C. The smallest absolute Gasteiger partial charge is 0.126 e. The molecule has 4 nitrogen and oxygen atoms in total. The van der Waals surface area contributed by atoms with E-state index in [-0.39, 0.29) is 6.04 Å². The van der Waals surface area contributed by atoms with E-state index >= 15 is 0 Å². The van der Waals surface area contributed by atoms with E-state index in [0.29, 0.717) is 6.04 Å². The highest BCUT2D eigenvalue weighted by atomic mass is 32.2. The van der Waals surface area contributed by atoms with Crippen LogP contribution in [0.4, 0.5) is 0 Å². The molecular weight excluding hydrogens is 270 g/mol. The Hall–Kier alpha value is -1.20. The summed E-state index contributed by atoms with van der Waals surface area (Å²) in [6, 6.07) is 8.67. The molecule has 110 valence electrons. The molecule has 2 rings (SSSR count). The van der Waals surface area contributed by atoms with Crippen LogP contribution >= 0.6 is 0 Å². The lowest BCUT2D eigenvalue weighted by molar-refractivity contribution is 0.449. The van der Waals surface area contributed by atoms with Gasteiger partial charge in [0, 0.05) is 35.9 Å². The molecule has 20 heavy (non-hydrogen) atoms. The highest BCUT2D eigenvalue weighted by Crippen LogP contribution is 2.19. The lowest BCUT2D eigenvalue weighted by Gasteiger charge is -2.19. The zero-order chi connectivity index (χ0) is 14.7. The minimum atomic E-state index is -0.723. The normalized spacial score (nSPS) is 16.2. The zero-order valence-electron chi connectivity index (χ0n) is 12.6. The number of nitrogens with zero attached hydrogens (tertiary/aromatic N) is 2. The van der Waals surface area contributed by atoms with Crippen molar-refractivity contribution in [3.8, 4) is 0 Å². The summed E-state index contributed by atoms with van der Waals surface area (Å²) in [6.45, 7) is 4.26. The fourth-order valence-electron chi connectivity index (χ4n) is 2.48. The first kappa shape index (κ1) is 15.2. The molecule has 0 saturated heterocycles. The minimum absolute atomic E-state index is 0.174. The Labute approximate surface area is 123 Å². The molecule has 0 radical (unpaired) electrons. The Morgan fingerprint density at radius 1 is 1.35 bits per heavy atom. The van der Waals surface area contributed by atoms with Gasteiger partial charge in [0.2, 0.25) is 0 Å². The number of rotatable bonds is 6. The Kier molecular flexibility index (Phi) is 4.94. The van der Waals surface area contributed by atoms with Crippen molar-refractivity contribution in [3.63, 3.8) is 0 Å². The maximum atomic E-state index is 11.1. The monoisotopic (exact) mass is 293 g/mol. The molecule has 1 aromatic carbocycles. The van der Waals surface area contributed by atoms with E-state index in [2.05, 4.69) is 36.8 Å². The summed E-state index contributed by atoms with van der Waals surface area (Å²) >= 11 is 0. The third-order valence-corrected chi connectivity index (χ3v) is 4.39. The predicted molar refractivity (Wildman–Crippen MR) is 85.3 cm³/mol. The van der Waals surface area contributed by atoms with E-state index in [1.165, 1.54) is 0 Å². The van der Waals surface area contributed by atoms with Crippen molar-refractivity contribution in [1.82, 2.24) is 14.9 Å². The van der Waals surface area contributed by atoms with Gasteiger partial charge in [0.25, 0.3) is 0 Å². The summed E-state index contributed by atoms with van der Waals surface area (Å²) in [5.74, 6) is 1.78. The van der Waals surface area contributed by atoms with Crippen LogP contribution in [0, 0.1) is 0 Å². The molecule has 5 heteroatoms. The fourth-order valence-corrected chi connectivity index (χ4v) is 3.16. The van der Waals surface area contributed by atoms with E-state index in [0.717, 1.165) is 29.0 Å². The number of imidazole rings is 1. The fraction of sp³-hybridized carbons (Fsp3) is 0.533. The first-order chi connectivity index (χ1) is 9.49. The van der Waals surface area contributed by atoms with E-state index in [9.17, 15) is 4.21 Å². The van der Waals surface area contributed by atoms with Crippen molar-refractivity contribution in [2.75, 3.05) is 12.0 Å². The van der Waals surface area contributed by atoms with Gasteiger partial charge >= 0.3 is 0 Å². The highest BCUT2D eigenvalue weighted by molar-refractivity contribution is 7.84. The molecule has 0 aliphatic carbocycles. The van der Waals surface area contributed by atoms with E-state index in [1.54, 1.807) is 6.26 Å². The second-order valence-corrected chi connectivity index (χ2v) is 6.93. The van der Waals surface area contributed by atoms with Gasteiger partial charge in [-0.05, 0) is 32.4 Å². The maximum Gasteiger partial charge on any atom is 0.126 e. The minimum Gasteiger partial charge on any atom is -0.330 e. The molecule has 1 N–H and O–H groups in total. The van der Waals surface area contributed by atoms with Gasteiger partial charge in [-0.15, -0.1) is 0 Å².